The maximum atomic E-state index is 14.1. The van der Waals surface area contributed by atoms with Crippen molar-refractivity contribution >= 4 is 21.1 Å². The fraction of sp³-hybridized carbons (Fsp3) is 0.250. The van der Waals surface area contributed by atoms with Gasteiger partial charge in [-0.1, -0.05) is 31.2 Å². The van der Waals surface area contributed by atoms with Crippen LogP contribution in [0.25, 0.3) is 22.2 Å². The molecule has 1 aromatic heterocycles. The van der Waals surface area contributed by atoms with Crippen molar-refractivity contribution in [3.05, 3.63) is 60.2 Å². The van der Waals surface area contributed by atoms with E-state index in [1.165, 1.54) is 13.1 Å². The minimum atomic E-state index is -3.56. The van der Waals surface area contributed by atoms with Gasteiger partial charge in [0, 0.05) is 18.5 Å². The second-order valence-corrected chi connectivity index (χ2v) is 8.15. The van der Waals surface area contributed by atoms with Gasteiger partial charge in [0.05, 0.1) is 22.5 Å². The van der Waals surface area contributed by atoms with Gasteiger partial charge in [0.2, 0.25) is 10.0 Å². The Morgan fingerprint density at radius 3 is 2.71 bits per heavy atom. The normalized spacial score (nSPS) is 12.6. The van der Waals surface area contributed by atoms with Crippen LogP contribution in [0.15, 0.2) is 59.3 Å². The Morgan fingerprint density at radius 1 is 1.29 bits per heavy atom. The molecular formula is C20H23FN4O2S. The molecule has 0 atom stereocenters. The summed E-state index contributed by atoms with van der Waals surface area (Å²) < 4.78 is 42.6. The van der Waals surface area contributed by atoms with Crippen molar-refractivity contribution < 1.29 is 12.8 Å². The number of para-hydroxylation sites is 1. The molecule has 0 saturated carbocycles. The van der Waals surface area contributed by atoms with Crippen LogP contribution in [-0.4, -0.2) is 31.6 Å². The molecule has 0 radical (unpaired) electrons. The molecule has 8 heteroatoms. The first-order valence-electron chi connectivity index (χ1n) is 8.98. The number of aromatic nitrogens is 2. The Bertz CT molecular complexity index is 1140. The number of benzene rings is 2. The molecule has 3 aromatic rings. The van der Waals surface area contributed by atoms with Gasteiger partial charge in [-0.05, 0) is 36.9 Å². The first-order valence-corrected chi connectivity index (χ1v) is 10.5. The first kappa shape index (κ1) is 20.2. The van der Waals surface area contributed by atoms with E-state index < -0.39 is 10.0 Å². The fourth-order valence-corrected chi connectivity index (χ4v) is 3.94. The van der Waals surface area contributed by atoms with E-state index in [0.29, 0.717) is 11.9 Å². The average molecular weight is 402 g/mol. The van der Waals surface area contributed by atoms with Crippen LogP contribution in [0.5, 0.6) is 0 Å². The molecule has 3 N–H and O–H groups in total. The fourth-order valence-electron chi connectivity index (χ4n) is 3.17. The van der Waals surface area contributed by atoms with Crippen molar-refractivity contribution in [3.8, 4) is 11.1 Å². The Labute approximate surface area is 163 Å². The standard InChI is InChI=1S/C20H23FN4O2S/c1-3-19-24-20-17(14-6-4-7-16(12-14)28(26,27)23-2)8-5-9-18(20)25(19)13-15(21)10-11-22/h4-10,12,23H,3,11,13,22H2,1-2H3. The molecule has 1 heterocycles. The highest BCUT2D eigenvalue weighted by molar-refractivity contribution is 7.89. The zero-order valence-corrected chi connectivity index (χ0v) is 16.6. The second kappa shape index (κ2) is 8.22. The molecule has 0 aliphatic heterocycles. The van der Waals surface area contributed by atoms with E-state index in [0.717, 1.165) is 22.5 Å². The molecule has 6 nitrogen and oxygen atoms in total. The van der Waals surface area contributed by atoms with E-state index in [1.54, 1.807) is 18.2 Å². The van der Waals surface area contributed by atoms with Crippen molar-refractivity contribution in [2.75, 3.05) is 13.6 Å². The number of sulfonamides is 1. The summed E-state index contributed by atoms with van der Waals surface area (Å²) in [5.74, 6) is 0.436. The monoisotopic (exact) mass is 402 g/mol. The molecule has 0 bridgehead atoms. The summed E-state index contributed by atoms with van der Waals surface area (Å²) in [6.07, 6.45) is 1.99. The van der Waals surface area contributed by atoms with Crippen molar-refractivity contribution in [3.63, 3.8) is 0 Å². The lowest BCUT2D eigenvalue weighted by Gasteiger charge is -2.08. The van der Waals surface area contributed by atoms with Crippen LogP contribution in [0.4, 0.5) is 4.39 Å². The Morgan fingerprint density at radius 2 is 2.04 bits per heavy atom. The van der Waals surface area contributed by atoms with Gasteiger partial charge >= 0.3 is 0 Å². The zero-order valence-electron chi connectivity index (χ0n) is 15.8. The highest BCUT2D eigenvalue weighted by Crippen LogP contribution is 2.31. The number of fused-ring (bicyclic) bond motifs is 1. The molecule has 0 amide bonds. The van der Waals surface area contributed by atoms with Gasteiger partial charge in [-0.15, -0.1) is 0 Å². The molecule has 2 aromatic carbocycles. The quantitative estimate of drug-likeness (QED) is 0.636. The highest BCUT2D eigenvalue weighted by Gasteiger charge is 2.17. The lowest BCUT2D eigenvalue weighted by Crippen LogP contribution is -2.18. The lowest BCUT2D eigenvalue weighted by molar-refractivity contribution is 0.549. The molecule has 28 heavy (non-hydrogen) atoms. The molecular weight excluding hydrogens is 379 g/mol. The number of nitrogens with one attached hydrogen (secondary N) is 1. The molecule has 0 unspecified atom stereocenters. The predicted octanol–water partition coefficient (Wildman–Crippen LogP) is 2.99. The summed E-state index contributed by atoms with van der Waals surface area (Å²) in [6.45, 7) is 2.16. The third kappa shape index (κ3) is 3.84. The second-order valence-electron chi connectivity index (χ2n) is 6.26. The molecule has 0 spiro atoms. The molecule has 0 saturated heterocycles. The Balaban J connectivity index is 2.18. The molecule has 0 aliphatic rings. The van der Waals surface area contributed by atoms with Crippen LogP contribution < -0.4 is 10.5 Å². The molecule has 3 rings (SSSR count). The van der Waals surface area contributed by atoms with Crippen molar-refractivity contribution in [1.29, 1.82) is 0 Å². The van der Waals surface area contributed by atoms with E-state index in [2.05, 4.69) is 4.72 Å². The minimum absolute atomic E-state index is 0.0640. The third-order valence-corrected chi connectivity index (χ3v) is 5.96. The zero-order chi connectivity index (χ0) is 20.3. The van der Waals surface area contributed by atoms with Crippen LogP contribution in [0.1, 0.15) is 12.7 Å². The number of hydrogen-bond donors (Lipinski definition) is 2. The molecule has 148 valence electrons. The average Bonchev–Trinajstić information content (AvgIpc) is 3.06. The number of nitrogens with zero attached hydrogens (tertiary/aromatic N) is 2. The van der Waals surface area contributed by atoms with Crippen LogP contribution in [0.2, 0.25) is 0 Å². The highest BCUT2D eigenvalue weighted by atomic mass is 32.2. The van der Waals surface area contributed by atoms with Gasteiger partial charge in [-0.25, -0.2) is 22.5 Å². The number of imidazole rings is 1. The van der Waals surface area contributed by atoms with Crippen molar-refractivity contribution in [2.24, 2.45) is 5.73 Å². The van der Waals surface area contributed by atoms with Gasteiger partial charge in [-0.2, -0.15) is 0 Å². The summed E-state index contributed by atoms with van der Waals surface area (Å²) in [5.41, 5.74) is 8.43. The SMILES string of the molecule is CCc1nc2c(-c3cccc(S(=O)(=O)NC)c3)cccc2n1CC(F)=CCN. The summed E-state index contributed by atoms with van der Waals surface area (Å²) >= 11 is 0. The Hall–Kier alpha value is -2.55. The summed E-state index contributed by atoms with van der Waals surface area (Å²) in [7, 11) is -2.18. The van der Waals surface area contributed by atoms with Gasteiger partial charge in [-0.3, -0.25) is 0 Å². The minimum Gasteiger partial charge on any atom is -0.327 e. The first-order chi connectivity index (χ1) is 13.4. The van der Waals surface area contributed by atoms with E-state index in [1.807, 2.05) is 35.8 Å². The summed E-state index contributed by atoms with van der Waals surface area (Å²) in [5, 5.41) is 0. The molecule has 0 fully saturated rings. The topological polar surface area (TPSA) is 90.0 Å². The number of nitrogens with two attached hydrogens (primary N) is 1. The van der Waals surface area contributed by atoms with E-state index in [9.17, 15) is 12.8 Å². The van der Waals surface area contributed by atoms with E-state index >= 15 is 0 Å². The van der Waals surface area contributed by atoms with Crippen LogP contribution in [-0.2, 0) is 23.0 Å². The van der Waals surface area contributed by atoms with Crippen LogP contribution >= 0.6 is 0 Å². The van der Waals surface area contributed by atoms with Crippen molar-refractivity contribution in [1.82, 2.24) is 14.3 Å². The number of halogens is 1. The number of aryl methyl sites for hydroxylation is 1. The van der Waals surface area contributed by atoms with Gasteiger partial charge in [0.25, 0.3) is 0 Å². The smallest absolute Gasteiger partial charge is 0.240 e. The number of allylic oxidation sites excluding steroid dienone is 1. The van der Waals surface area contributed by atoms with Crippen LogP contribution in [0.3, 0.4) is 0 Å². The van der Waals surface area contributed by atoms with Crippen molar-refractivity contribution in [2.45, 2.75) is 24.8 Å². The van der Waals surface area contributed by atoms with E-state index in [4.69, 9.17) is 10.7 Å². The Kier molecular flexibility index (Phi) is 5.93. The maximum Gasteiger partial charge on any atom is 0.240 e. The van der Waals surface area contributed by atoms with Gasteiger partial charge < -0.3 is 10.3 Å². The number of hydrogen-bond acceptors (Lipinski definition) is 4. The lowest BCUT2D eigenvalue weighted by atomic mass is 10.0. The third-order valence-electron chi connectivity index (χ3n) is 4.55. The maximum absolute atomic E-state index is 14.1. The summed E-state index contributed by atoms with van der Waals surface area (Å²) in [6, 6.07) is 12.3. The van der Waals surface area contributed by atoms with E-state index in [-0.39, 0.29) is 23.8 Å². The largest absolute Gasteiger partial charge is 0.327 e. The van der Waals surface area contributed by atoms with Crippen LogP contribution in [0, 0.1) is 0 Å². The molecule has 0 aliphatic carbocycles. The summed E-state index contributed by atoms with van der Waals surface area (Å²) in [4.78, 5) is 4.88. The number of rotatable bonds is 7. The van der Waals surface area contributed by atoms with Gasteiger partial charge in [0.1, 0.15) is 11.7 Å². The van der Waals surface area contributed by atoms with Gasteiger partial charge in [0.15, 0.2) is 0 Å². The predicted molar refractivity (Wildman–Crippen MR) is 109 cm³/mol.